The second-order valence-electron chi connectivity index (χ2n) is 3.23. The van der Waals surface area contributed by atoms with E-state index in [2.05, 4.69) is 26.2 Å². The van der Waals surface area contributed by atoms with Gasteiger partial charge in [-0.1, -0.05) is 50.5 Å². The van der Waals surface area contributed by atoms with Gasteiger partial charge in [-0.25, -0.2) is 0 Å². The SMILES string of the molecule is C=CCC=CC.C=CCCCCCC. The molecule has 0 N–H and O–H groups in total. The van der Waals surface area contributed by atoms with Gasteiger partial charge in [0.1, 0.15) is 0 Å². The van der Waals surface area contributed by atoms with Crippen molar-refractivity contribution < 1.29 is 0 Å². The summed E-state index contributed by atoms with van der Waals surface area (Å²) in [7, 11) is 0. The standard InChI is InChI=1S/C8H16.C6H10/c1-3-5-7-8-6-4-2;1-3-5-6-4-2/h3H,1,4-8H2,2H3;3-4,6H,1,5H2,2H3. The molecular formula is C14H26. The maximum atomic E-state index is 3.66. The zero-order valence-corrected chi connectivity index (χ0v) is 9.97. The van der Waals surface area contributed by atoms with Crippen molar-refractivity contribution in [2.75, 3.05) is 0 Å². The van der Waals surface area contributed by atoms with Gasteiger partial charge < -0.3 is 0 Å². The van der Waals surface area contributed by atoms with E-state index < -0.39 is 0 Å². The normalized spacial score (nSPS) is 9.29. The van der Waals surface area contributed by atoms with Crippen molar-refractivity contribution >= 4 is 0 Å². The van der Waals surface area contributed by atoms with Crippen molar-refractivity contribution in [2.45, 2.75) is 52.4 Å². The van der Waals surface area contributed by atoms with Gasteiger partial charge in [0.2, 0.25) is 0 Å². The van der Waals surface area contributed by atoms with E-state index in [1.54, 1.807) is 0 Å². The Bertz CT molecular complexity index is 131. The minimum absolute atomic E-state index is 0.997. The molecule has 0 heterocycles. The zero-order chi connectivity index (χ0) is 11.1. The van der Waals surface area contributed by atoms with E-state index in [9.17, 15) is 0 Å². The first-order valence-electron chi connectivity index (χ1n) is 5.66. The summed E-state index contributed by atoms with van der Waals surface area (Å²) in [5.41, 5.74) is 0. The van der Waals surface area contributed by atoms with Gasteiger partial charge in [0.25, 0.3) is 0 Å². The minimum atomic E-state index is 0.997. The lowest BCUT2D eigenvalue weighted by Gasteiger charge is -1.91. The summed E-state index contributed by atoms with van der Waals surface area (Å²) in [5.74, 6) is 0. The molecule has 82 valence electrons. The summed E-state index contributed by atoms with van der Waals surface area (Å²) in [5, 5.41) is 0. The fourth-order valence-electron chi connectivity index (χ4n) is 0.948. The van der Waals surface area contributed by atoms with E-state index in [4.69, 9.17) is 0 Å². The molecule has 0 aliphatic heterocycles. The zero-order valence-electron chi connectivity index (χ0n) is 9.97. The van der Waals surface area contributed by atoms with Crippen molar-refractivity contribution in [3.63, 3.8) is 0 Å². The van der Waals surface area contributed by atoms with E-state index in [1.165, 1.54) is 32.1 Å². The fourth-order valence-corrected chi connectivity index (χ4v) is 0.948. The smallest absolute Gasteiger partial charge is 0.0172 e. The Kier molecular flexibility index (Phi) is 20.3. The summed E-state index contributed by atoms with van der Waals surface area (Å²) in [6.07, 6.45) is 15.6. The molecule has 0 aliphatic carbocycles. The lowest BCUT2D eigenvalue weighted by Crippen LogP contribution is -1.71. The first-order valence-corrected chi connectivity index (χ1v) is 5.66. The molecule has 0 amide bonds. The van der Waals surface area contributed by atoms with Crippen LogP contribution in [0.4, 0.5) is 0 Å². The molecule has 0 aromatic heterocycles. The molecule has 14 heavy (non-hydrogen) atoms. The molecule has 0 aliphatic rings. The van der Waals surface area contributed by atoms with Gasteiger partial charge in [-0.2, -0.15) is 0 Å². The highest BCUT2D eigenvalue weighted by molar-refractivity contribution is 4.85. The van der Waals surface area contributed by atoms with Crippen LogP contribution >= 0.6 is 0 Å². The number of hydrogen-bond acceptors (Lipinski definition) is 0. The van der Waals surface area contributed by atoms with Gasteiger partial charge in [-0.3, -0.25) is 0 Å². The first kappa shape index (κ1) is 15.7. The molecule has 0 spiro atoms. The summed E-state index contributed by atoms with van der Waals surface area (Å²) in [6.45, 7) is 11.4. The van der Waals surface area contributed by atoms with Crippen molar-refractivity contribution in [1.29, 1.82) is 0 Å². The molecule has 0 heteroatoms. The van der Waals surface area contributed by atoms with E-state index >= 15 is 0 Å². The van der Waals surface area contributed by atoms with Crippen LogP contribution in [-0.4, -0.2) is 0 Å². The second kappa shape index (κ2) is 18.1. The van der Waals surface area contributed by atoms with Gasteiger partial charge in [0, 0.05) is 0 Å². The molecule has 0 atom stereocenters. The van der Waals surface area contributed by atoms with Gasteiger partial charge in [0.05, 0.1) is 0 Å². The molecule has 0 rings (SSSR count). The minimum Gasteiger partial charge on any atom is -0.103 e. The highest BCUT2D eigenvalue weighted by Crippen LogP contribution is 2.01. The maximum absolute atomic E-state index is 3.66. The lowest BCUT2D eigenvalue weighted by molar-refractivity contribution is 0.675. The van der Waals surface area contributed by atoms with Crippen molar-refractivity contribution in [1.82, 2.24) is 0 Å². The predicted octanol–water partition coefficient (Wildman–Crippen LogP) is 5.28. The quantitative estimate of drug-likeness (QED) is 0.382. The number of unbranched alkanes of at least 4 members (excludes halogenated alkanes) is 4. The van der Waals surface area contributed by atoms with Crippen LogP contribution in [0.1, 0.15) is 52.4 Å². The third-order valence-electron chi connectivity index (χ3n) is 1.80. The molecule has 0 saturated heterocycles. The van der Waals surface area contributed by atoms with E-state index in [0.717, 1.165) is 6.42 Å². The van der Waals surface area contributed by atoms with Crippen molar-refractivity contribution in [3.8, 4) is 0 Å². The molecular weight excluding hydrogens is 168 g/mol. The van der Waals surface area contributed by atoms with Crippen LogP contribution in [-0.2, 0) is 0 Å². The third kappa shape index (κ3) is 22.5. The molecule has 0 aromatic rings. The number of hydrogen-bond donors (Lipinski definition) is 0. The Morgan fingerprint density at radius 3 is 2.07 bits per heavy atom. The second-order valence-corrected chi connectivity index (χ2v) is 3.23. The Morgan fingerprint density at radius 1 is 1.00 bits per heavy atom. The highest BCUT2D eigenvalue weighted by atomic mass is 13.9. The van der Waals surface area contributed by atoms with Crippen LogP contribution in [0, 0.1) is 0 Å². The largest absolute Gasteiger partial charge is 0.103 e. The van der Waals surface area contributed by atoms with E-state index in [1.807, 2.05) is 25.2 Å². The van der Waals surface area contributed by atoms with Crippen LogP contribution in [0.15, 0.2) is 37.5 Å². The highest BCUT2D eigenvalue weighted by Gasteiger charge is 1.81. The van der Waals surface area contributed by atoms with Crippen LogP contribution < -0.4 is 0 Å². The van der Waals surface area contributed by atoms with E-state index in [0.29, 0.717) is 0 Å². The maximum Gasteiger partial charge on any atom is -0.0172 e. The average Bonchev–Trinajstić information content (AvgIpc) is 2.22. The van der Waals surface area contributed by atoms with Crippen LogP contribution in [0.25, 0.3) is 0 Å². The summed E-state index contributed by atoms with van der Waals surface area (Å²) in [4.78, 5) is 0. The van der Waals surface area contributed by atoms with Crippen LogP contribution in [0.2, 0.25) is 0 Å². The Balaban J connectivity index is 0. The lowest BCUT2D eigenvalue weighted by atomic mass is 10.2. The Labute approximate surface area is 90.4 Å². The molecule has 0 saturated carbocycles. The molecule has 0 radical (unpaired) electrons. The molecule has 0 aromatic carbocycles. The fraction of sp³-hybridized carbons (Fsp3) is 0.571. The van der Waals surface area contributed by atoms with Crippen LogP contribution in [0.5, 0.6) is 0 Å². The predicted molar refractivity (Wildman–Crippen MR) is 68.6 cm³/mol. The summed E-state index contributed by atoms with van der Waals surface area (Å²) >= 11 is 0. The topological polar surface area (TPSA) is 0 Å². The molecule has 0 unspecified atom stereocenters. The van der Waals surface area contributed by atoms with Crippen LogP contribution in [0.3, 0.4) is 0 Å². The van der Waals surface area contributed by atoms with Gasteiger partial charge in [0.15, 0.2) is 0 Å². The van der Waals surface area contributed by atoms with Gasteiger partial charge in [-0.05, 0) is 26.2 Å². The number of rotatable bonds is 7. The van der Waals surface area contributed by atoms with Crippen molar-refractivity contribution in [2.24, 2.45) is 0 Å². The molecule has 0 nitrogen and oxygen atoms in total. The Hall–Kier alpha value is -0.780. The number of allylic oxidation sites excluding steroid dienone is 4. The van der Waals surface area contributed by atoms with Crippen molar-refractivity contribution in [3.05, 3.63) is 37.5 Å². The molecule has 0 fully saturated rings. The summed E-state index contributed by atoms with van der Waals surface area (Å²) < 4.78 is 0. The Morgan fingerprint density at radius 2 is 1.71 bits per heavy atom. The summed E-state index contributed by atoms with van der Waals surface area (Å²) in [6, 6.07) is 0. The monoisotopic (exact) mass is 194 g/mol. The van der Waals surface area contributed by atoms with Gasteiger partial charge >= 0.3 is 0 Å². The van der Waals surface area contributed by atoms with E-state index in [-0.39, 0.29) is 0 Å². The average molecular weight is 194 g/mol. The molecule has 0 bridgehead atoms. The first-order chi connectivity index (χ1) is 6.83. The van der Waals surface area contributed by atoms with Gasteiger partial charge in [-0.15, -0.1) is 13.2 Å². The third-order valence-corrected chi connectivity index (χ3v) is 1.80.